The van der Waals surface area contributed by atoms with E-state index < -0.39 is 6.09 Å². The number of aliphatic imine (C=N–C) groups is 1. The van der Waals surface area contributed by atoms with Gasteiger partial charge in [0, 0.05) is 35.2 Å². The fourth-order valence-electron chi connectivity index (χ4n) is 7.97. The van der Waals surface area contributed by atoms with E-state index in [1.165, 1.54) is 55.0 Å². The molecule has 2 aliphatic heterocycles. The number of rotatable bonds is 10. The number of fused-ring (bicyclic) bond motifs is 5. The van der Waals surface area contributed by atoms with Crippen molar-refractivity contribution in [2.45, 2.75) is 75.8 Å². The molecule has 2 aromatic rings. The van der Waals surface area contributed by atoms with Crippen LogP contribution in [-0.2, 0) is 9.53 Å². The van der Waals surface area contributed by atoms with Crippen LogP contribution in [-0.4, -0.2) is 84.5 Å². The van der Waals surface area contributed by atoms with Gasteiger partial charge in [0.15, 0.2) is 0 Å². The number of ether oxygens (including phenoxy) is 1. The van der Waals surface area contributed by atoms with Crippen LogP contribution < -0.4 is 10.6 Å². The third kappa shape index (κ3) is 6.78. The zero-order valence-electron chi connectivity index (χ0n) is 28.0. The number of likely N-dealkylation sites (tertiary alicyclic amines) is 2. The lowest BCUT2D eigenvalue weighted by molar-refractivity contribution is -0.129. The van der Waals surface area contributed by atoms with Crippen molar-refractivity contribution in [1.29, 1.82) is 0 Å². The number of hydrogen-bond donors (Lipinski definition) is 3. The van der Waals surface area contributed by atoms with Gasteiger partial charge in [-0.2, -0.15) is 0 Å². The Morgan fingerprint density at radius 1 is 1.17 bits per heavy atom. The molecular formula is C36H47N7O3S. The Hall–Kier alpha value is -3.83. The molecule has 0 radical (unpaired) electrons. The maximum Gasteiger partial charge on any atom is 0.407 e. The summed E-state index contributed by atoms with van der Waals surface area (Å²) >= 11 is 1.68. The highest BCUT2D eigenvalue weighted by molar-refractivity contribution is 8.11. The van der Waals surface area contributed by atoms with Gasteiger partial charge in [0.25, 0.3) is 0 Å². The number of aromatic amines is 1. The smallest absolute Gasteiger partial charge is 0.407 e. The van der Waals surface area contributed by atoms with Gasteiger partial charge in [0.1, 0.15) is 18.2 Å². The highest BCUT2D eigenvalue weighted by atomic mass is 32.2. The van der Waals surface area contributed by atoms with Crippen molar-refractivity contribution in [2.24, 2.45) is 4.99 Å². The summed E-state index contributed by atoms with van der Waals surface area (Å²) in [5.74, 6) is 2.82. The predicted molar refractivity (Wildman–Crippen MR) is 189 cm³/mol. The summed E-state index contributed by atoms with van der Waals surface area (Å²) in [7, 11) is 5.20. The van der Waals surface area contributed by atoms with E-state index >= 15 is 0 Å². The molecule has 2 aliphatic carbocycles. The van der Waals surface area contributed by atoms with Crippen LogP contribution in [0.15, 0.2) is 53.2 Å². The zero-order chi connectivity index (χ0) is 33.1. The van der Waals surface area contributed by atoms with E-state index in [9.17, 15) is 9.59 Å². The summed E-state index contributed by atoms with van der Waals surface area (Å²) in [6.07, 6.45) is 15.2. The quantitative estimate of drug-likeness (QED) is 0.156. The largest absolute Gasteiger partial charge is 0.453 e. The van der Waals surface area contributed by atoms with Crippen molar-refractivity contribution in [3.05, 3.63) is 70.7 Å². The van der Waals surface area contributed by atoms with Crippen LogP contribution in [0.1, 0.15) is 92.3 Å². The Morgan fingerprint density at radius 3 is 2.68 bits per heavy atom. The number of nitrogens with one attached hydrogen (secondary N) is 3. The third-order valence-electron chi connectivity index (χ3n) is 10.3. The molecule has 11 heteroatoms. The van der Waals surface area contributed by atoms with Crippen molar-refractivity contribution in [3.63, 3.8) is 0 Å². The minimum absolute atomic E-state index is 0.106. The van der Waals surface area contributed by atoms with E-state index in [0.717, 1.165) is 53.0 Å². The number of allylic oxidation sites excluding steroid dienone is 2. The van der Waals surface area contributed by atoms with Crippen LogP contribution in [0.25, 0.3) is 16.2 Å². The Labute approximate surface area is 282 Å². The number of carbonyl (C=O) groups is 2. The molecule has 2 amide bonds. The SMILES string of the molecule is C=C(SC(=C\C)/C=C/NC(=NC)[C@@H]1CCCN1C(=O)CNC(=O)OC)c1ccc(-c2cnc(C3CCCN3C)[nH]2)c2c1C1CCC2C1. The first-order valence-corrected chi connectivity index (χ1v) is 17.6. The Morgan fingerprint density at radius 2 is 1.96 bits per heavy atom. The molecular weight excluding hydrogens is 611 g/mol. The van der Waals surface area contributed by atoms with Gasteiger partial charge in [0.2, 0.25) is 5.91 Å². The molecule has 1 saturated carbocycles. The molecule has 4 aliphatic rings. The number of hydrogen-bond acceptors (Lipinski definition) is 7. The summed E-state index contributed by atoms with van der Waals surface area (Å²) in [6, 6.07) is 4.75. The first-order chi connectivity index (χ1) is 22.8. The number of imidazole rings is 1. The second-order valence-corrected chi connectivity index (χ2v) is 14.1. The Kier molecular flexibility index (Phi) is 10.2. The van der Waals surface area contributed by atoms with Crippen molar-refractivity contribution in [3.8, 4) is 11.3 Å². The van der Waals surface area contributed by atoms with Gasteiger partial charge in [0.05, 0.1) is 31.1 Å². The number of amidine groups is 1. The standard InChI is InChI=1S/C36H47N7O3S/c1-6-25(15-16-38-34(37-3)30-10-8-18-43(30)31(44)21-40-36(45)46-5)47-22(2)26-13-14-27(33-24-12-11-23(19-24)32(26)33)28-20-39-35(41-28)29-9-7-17-42(29)4/h6,13-16,20,23-24,29-30H,2,7-12,17-19,21H2,1,3-5H3,(H,37,38)(H,39,41)(H,40,45)/b16-15+,25-6-/t23?,24?,29?,30-/m0/s1. The van der Waals surface area contributed by atoms with E-state index in [-0.39, 0.29) is 18.5 Å². The number of methoxy groups -OCH3 is 1. The van der Waals surface area contributed by atoms with Crippen LogP contribution >= 0.6 is 11.8 Å². The normalized spacial score (nSPS) is 24.3. The monoisotopic (exact) mass is 657 g/mol. The zero-order valence-corrected chi connectivity index (χ0v) is 28.8. The Bertz CT molecular complexity index is 1610. The number of thioether (sulfide) groups is 1. The van der Waals surface area contributed by atoms with Crippen LogP contribution in [0.4, 0.5) is 4.79 Å². The van der Waals surface area contributed by atoms with E-state index in [1.54, 1.807) is 23.7 Å². The van der Waals surface area contributed by atoms with Crippen molar-refractivity contribution in [1.82, 2.24) is 30.4 Å². The molecule has 6 rings (SSSR count). The number of aromatic nitrogens is 2. The van der Waals surface area contributed by atoms with Crippen molar-refractivity contribution in [2.75, 3.05) is 40.8 Å². The van der Waals surface area contributed by atoms with Crippen molar-refractivity contribution < 1.29 is 14.3 Å². The average molecular weight is 658 g/mol. The highest BCUT2D eigenvalue weighted by Crippen LogP contribution is 2.58. The number of benzene rings is 1. The van der Waals surface area contributed by atoms with Crippen LogP contribution in [0, 0.1) is 0 Å². The first kappa shape index (κ1) is 33.1. The molecule has 3 heterocycles. The van der Waals surface area contributed by atoms with E-state index in [2.05, 4.69) is 62.1 Å². The fraction of sp³-hybridized carbons (Fsp3) is 0.500. The second kappa shape index (κ2) is 14.5. The average Bonchev–Trinajstić information content (AvgIpc) is 3.93. The van der Waals surface area contributed by atoms with Crippen molar-refractivity contribution >= 4 is 34.5 Å². The third-order valence-corrected chi connectivity index (χ3v) is 11.3. The lowest BCUT2D eigenvalue weighted by Crippen LogP contribution is -2.48. The second-order valence-electron chi connectivity index (χ2n) is 12.9. The molecule has 3 unspecified atom stereocenters. The van der Waals surface area contributed by atoms with Gasteiger partial charge in [-0.25, -0.2) is 9.78 Å². The number of alkyl carbamates (subject to hydrolysis) is 1. The molecule has 10 nitrogen and oxygen atoms in total. The van der Waals surface area contributed by atoms with Gasteiger partial charge in [-0.05, 0) is 100 Å². The fourth-order valence-corrected chi connectivity index (χ4v) is 8.80. The van der Waals surface area contributed by atoms with Gasteiger partial charge in [-0.1, -0.05) is 36.5 Å². The molecule has 2 bridgehead atoms. The summed E-state index contributed by atoms with van der Waals surface area (Å²) < 4.78 is 4.59. The number of nitrogens with zero attached hydrogens (tertiary/aromatic N) is 4. The molecule has 2 saturated heterocycles. The van der Waals surface area contributed by atoms with Crippen LogP contribution in [0.2, 0.25) is 0 Å². The lowest BCUT2D eigenvalue weighted by atomic mass is 9.84. The van der Waals surface area contributed by atoms with Crippen LogP contribution in [0.3, 0.4) is 0 Å². The summed E-state index contributed by atoms with van der Waals surface area (Å²) in [5, 5.41) is 5.81. The molecule has 47 heavy (non-hydrogen) atoms. The minimum Gasteiger partial charge on any atom is -0.453 e. The number of amides is 2. The first-order valence-electron chi connectivity index (χ1n) is 16.8. The lowest BCUT2D eigenvalue weighted by Gasteiger charge is -2.26. The van der Waals surface area contributed by atoms with E-state index in [4.69, 9.17) is 4.98 Å². The molecule has 3 fully saturated rings. The van der Waals surface area contributed by atoms with Gasteiger partial charge in [-0.15, -0.1) is 0 Å². The number of H-pyrrole nitrogens is 1. The summed E-state index contributed by atoms with van der Waals surface area (Å²) in [5.41, 5.74) is 6.67. The number of carbonyl (C=O) groups excluding carboxylic acids is 2. The van der Waals surface area contributed by atoms with Gasteiger partial charge < -0.3 is 25.3 Å². The minimum atomic E-state index is -0.620. The van der Waals surface area contributed by atoms with Crippen LogP contribution in [0.5, 0.6) is 0 Å². The summed E-state index contributed by atoms with van der Waals surface area (Å²) in [6.45, 7) is 8.24. The Balaban J connectivity index is 1.13. The molecule has 1 aromatic heterocycles. The van der Waals surface area contributed by atoms with Gasteiger partial charge >= 0.3 is 6.09 Å². The summed E-state index contributed by atoms with van der Waals surface area (Å²) in [4.78, 5) is 43.5. The maximum atomic E-state index is 12.8. The molecule has 1 aromatic carbocycles. The van der Waals surface area contributed by atoms with E-state index in [0.29, 0.717) is 24.4 Å². The highest BCUT2D eigenvalue weighted by Gasteiger charge is 2.41. The molecule has 250 valence electrons. The maximum absolute atomic E-state index is 12.8. The van der Waals surface area contributed by atoms with E-state index in [1.807, 2.05) is 25.4 Å². The molecule has 0 spiro atoms. The molecule has 3 N–H and O–H groups in total. The molecule has 4 atom stereocenters. The topological polar surface area (TPSA) is 115 Å². The predicted octanol–water partition coefficient (Wildman–Crippen LogP) is 6.29. The van der Waals surface area contributed by atoms with Gasteiger partial charge in [-0.3, -0.25) is 14.7 Å².